The van der Waals surface area contributed by atoms with Gasteiger partial charge in [0.25, 0.3) is 11.1 Å². The number of hydrogen-bond donors (Lipinski definition) is 1. The van der Waals surface area contributed by atoms with E-state index in [0.717, 1.165) is 47.9 Å². The standard InChI is InChI=1S/C21H18ClN7O2S/c22-15-4-2-14(3-5-15)13-31-21-27-26-20(32-21)25-19(30)16-6-8-23-12-17(16)28-10-1-11-29-18(28)7-9-24-29/h2-9,12H,1,10-11,13H2,(H,25,26,30). The van der Waals surface area contributed by atoms with Crippen LogP contribution in [-0.4, -0.2) is 37.4 Å². The number of aromatic nitrogens is 5. The monoisotopic (exact) mass is 467 g/mol. The van der Waals surface area contributed by atoms with Gasteiger partial charge in [0.15, 0.2) is 0 Å². The van der Waals surface area contributed by atoms with Crippen molar-refractivity contribution in [2.75, 3.05) is 16.8 Å². The summed E-state index contributed by atoms with van der Waals surface area (Å²) in [6, 6.07) is 11.0. The van der Waals surface area contributed by atoms with E-state index in [9.17, 15) is 4.79 Å². The lowest BCUT2D eigenvalue weighted by atomic mass is 10.1. The van der Waals surface area contributed by atoms with Gasteiger partial charge in [-0.15, -0.1) is 5.10 Å². The smallest absolute Gasteiger partial charge is 0.296 e. The number of ether oxygens (including phenoxy) is 1. The second-order valence-electron chi connectivity index (χ2n) is 7.05. The molecule has 0 saturated carbocycles. The summed E-state index contributed by atoms with van der Waals surface area (Å²) in [6.07, 6.45) is 5.98. The first-order valence-corrected chi connectivity index (χ1v) is 11.1. The first kappa shape index (κ1) is 20.4. The van der Waals surface area contributed by atoms with Crippen molar-refractivity contribution in [1.29, 1.82) is 0 Å². The highest BCUT2D eigenvalue weighted by Crippen LogP contribution is 2.32. The van der Waals surface area contributed by atoms with Crippen LogP contribution in [0.15, 0.2) is 55.0 Å². The Morgan fingerprint density at radius 3 is 2.88 bits per heavy atom. The van der Waals surface area contributed by atoms with Crippen molar-refractivity contribution >= 4 is 45.5 Å². The molecule has 162 valence electrons. The molecule has 11 heteroatoms. The fourth-order valence-corrected chi connectivity index (χ4v) is 4.18. The normalized spacial score (nSPS) is 13.0. The Labute approximate surface area is 192 Å². The lowest BCUT2D eigenvalue weighted by Gasteiger charge is -2.30. The van der Waals surface area contributed by atoms with Crippen LogP contribution >= 0.6 is 22.9 Å². The molecule has 1 aliphatic rings. The lowest BCUT2D eigenvalue weighted by molar-refractivity contribution is 0.102. The number of carbonyl (C=O) groups is 1. The van der Waals surface area contributed by atoms with Gasteiger partial charge in [-0.3, -0.25) is 15.1 Å². The van der Waals surface area contributed by atoms with Crippen LogP contribution in [0.2, 0.25) is 5.02 Å². The molecule has 0 bridgehead atoms. The second-order valence-corrected chi connectivity index (χ2v) is 8.43. The van der Waals surface area contributed by atoms with Crippen molar-refractivity contribution < 1.29 is 9.53 Å². The fourth-order valence-electron chi connectivity index (χ4n) is 3.47. The fraction of sp³-hybridized carbons (Fsp3) is 0.190. The van der Waals surface area contributed by atoms with E-state index in [1.165, 1.54) is 0 Å². The van der Waals surface area contributed by atoms with E-state index in [1.807, 2.05) is 22.9 Å². The molecule has 1 aliphatic heterocycles. The van der Waals surface area contributed by atoms with Crippen LogP contribution in [-0.2, 0) is 13.2 Å². The van der Waals surface area contributed by atoms with Gasteiger partial charge in [0, 0.05) is 30.4 Å². The molecule has 5 rings (SSSR count). The SMILES string of the molecule is O=C(Nc1nnc(OCc2ccc(Cl)cc2)s1)c1ccncc1N1CCCn2nccc21. The summed E-state index contributed by atoms with van der Waals surface area (Å²) in [5, 5.41) is 16.6. The van der Waals surface area contributed by atoms with Gasteiger partial charge in [0.05, 0.1) is 23.6 Å². The Bertz CT molecular complexity index is 1240. The molecule has 0 aliphatic carbocycles. The molecular weight excluding hydrogens is 450 g/mol. The maximum Gasteiger partial charge on any atom is 0.296 e. The highest BCUT2D eigenvalue weighted by Gasteiger charge is 2.24. The van der Waals surface area contributed by atoms with Crippen molar-refractivity contribution in [3.8, 4) is 5.19 Å². The Kier molecular flexibility index (Phi) is 5.70. The first-order valence-electron chi connectivity index (χ1n) is 9.93. The number of aryl methyl sites for hydroxylation is 1. The summed E-state index contributed by atoms with van der Waals surface area (Å²) >= 11 is 7.06. The average molecular weight is 468 g/mol. The molecule has 1 aromatic carbocycles. The molecule has 0 unspecified atom stereocenters. The quantitative estimate of drug-likeness (QED) is 0.454. The molecule has 0 saturated heterocycles. The van der Waals surface area contributed by atoms with Crippen molar-refractivity contribution in [1.82, 2.24) is 25.0 Å². The Hall–Kier alpha value is -3.50. The lowest BCUT2D eigenvalue weighted by Crippen LogP contribution is -2.30. The molecule has 4 aromatic rings. The van der Waals surface area contributed by atoms with Crippen LogP contribution in [0.5, 0.6) is 5.19 Å². The number of nitrogens with one attached hydrogen (secondary N) is 1. The number of amides is 1. The molecule has 4 heterocycles. The van der Waals surface area contributed by atoms with E-state index in [-0.39, 0.29) is 5.91 Å². The van der Waals surface area contributed by atoms with Crippen LogP contribution < -0.4 is 15.0 Å². The van der Waals surface area contributed by atoms with Crippen molar-refractivity contribution in [3.05, 3.63) is 71.1 Å². The van der Waals surface area contributed by atoms with E-state index in [4.69, 9.17) is 16.3 Å². The number of anilines is 3. The number of carbonyl (C=O) groups excluding carboxylic acids is 1. The van der Waals surface area contributed by atoms with E-state index in [1.54, 1.807) is 36.8 Å². The van der Waals surface area contributed by atoms with Crippen molar-refractivity contribution in [2.24, 2.45) is 0 Å². The molecule has 3 aromatic heterocycles. The molecule has 1 N–H and O–H groups in total. The van der Waals surface area contributed by atoms with E-state index < -0.39 is 0 Å². The van der Waals surface area contributed by atoms with Gasteiger partial charge in [-0.1, -0.05) is 28.8 Å². The third-order valence-electron chi connectivity index (χ3n) is 4.96. The molecule has 0 atom stereocenters. The molecule has 0 spiro atoms. The number of hydrogen-bond acceptors (Lipinski definition) is 8. The Morgan fingerprint density at radius 1 is 1.12 bits per heavy atom. The van der Waals surface area contributed by atoms with Gasteiger partial charge >= 0.3 is 0 Å². The molecule has 1 amide bonds. The van der Waals surface area contributed by atoms with Gasteiger partial charge in [-0.2, -0.15) is 5.10 Å². The maximum atomic E-state index is 13.0. The minimum atomic E-state index is -0.292. The predicted octanol–water partition coefficient (Wildman–Crippen LogP) is 4.16. The zero-order chi connectivity index (χ0) is 21.9. The summed E-state index contributed by atoms with van der Waals surface area (Å²) in [5.41, 5.74) is 2.17. The molecule has 0 radical (unpaired) electrons. The third kappa shape index (κ3) is 4.27. The minimum Gasteiger partial charge on any atom is -0.464 e. The van der Waals surface area contributed by atoms with Crippen LogP contribution in [0, 0.1) is 0 Å². The summed E-state index contributed by atoms with van der Waals surface area (Å²) in [5.74, 6) is 0.645. The molecule has 0 fully saturated rings. The van der Waals surface area contributed by atoms with Crippen molar-refractivity contribution in [3.63, 3.8) is 0 Å². The Balaban J connectivity index is 1.29. The number of halogens is 1. The van der Waals surface area contributed by atoms with E-state index >= 15 is 0 Å². The predicted molar refractivity (Wildman–Crippen MR) is 122 cm³/mol. The molecule has 32 heavy (non-hydrogen) atoms. The van der Waals surface area contributed by atoms with Crippen molar-refractivity contribution in [2.45, 2.75) is 19.6 Å². The van der Waals surface area contributed by atoms with Gasteiger partial charge < -0.3 is 9.64 Å². The van der Waals surface area contributed by atoms with Gasteiger partial charge in [0.1, 0.15) is 12.4 Å². The minimum absolute atomic E-state index is 0.292. The Morgan fingerprint density at radius 2 is 2.00 bits per heavy atom. The summed E-state index contributed by atoms with van der Waals surface area (Å²) < 4.78 is 7.60. The zero-order valence-electron chi connectivity index (χ0n) is 16.8. The topological polar surface area (TPSA) is 98.1 Å². The summed E-state index contributed by atoms with van der Waals surface area (Å²) in [4.78, 5) is 19.3. The van der Waals surface area contributed by atoms with Crippen LogP contribution in [0.4, 0.5) is 16.6 Å². The number of nitrogens with zero attached hydrogens (tertiary/aromatic N) is 6. The van der Waals surface area contributed by atoms with Crippen LogP contribution in [0.1, 0.15) is 22.3 Å². The largest absolute Gasteiger partial charge is 0.464 e. The van der Waals surface area contributed by atoms with Crippen LogP contribution in [0.3, 0.4) is 0 Å². The second kappa shape index (κ2) is 8.93. The maximum absolute atomic E-state index is 13.0. The number of benzene rings is 1. The van der Waals surface area contributed by atoms with E-state index in [2.05, 4.69) is 30.5 Å². The third-order valence-corrected chi connectivity index (χ3v) is 5.96. The highest BCUT2D eigenvalue weighted by atomic mass is 35.5. The molecule has 9 nitrogen and oxygen atoms in total. The molecular formula is C21H18ClN7O2S. The summed E-state index contributed by atoms with van der Waals surface area (Å²) in [7, 11) is 0. The zero-order valence-corrected chi connectivity index (χ0v) is 18.4. The number of fused-ring (bicyclic) bond motifs is 1. The van der Waals surface area contributed by atoms with E-state index in [0.29, 0.717) is 27.5 Å². The van der Waals surface area contributed by atoms with Gasteiger partial charge in [0.2, 0.25) is 5.13 Å². The first-order chi connectivity index (χ1) is 15.7. The van der Waals surface area contributed by atoms with Crippen LogP contribution in [0.25, 0.3) is 0 Å². The number of pyridine rings is 1. The van der Waals surface area contributed by atoms with Gasteiger partial charge in [-0.05, 0) is 41.5 Å². The summed E-state index contributed by atoms with van der Waals surface area (Å²) in [6.45, 7) is 1.96. The average Bonchev–Trinajstić information content (AvgIpc) is 3.48. The van der Waals surface area contributed by atoms with Gasteiger partial charge in [-0.25, -0.2) is 4.68 Å². The number of rotatable bonds is 6. The highest BCUT2D eigenvalue weighted by molar-refractivity contribution is 7.17.